The van der Waals surface area contributed by atoms with Crippen LogP contribution in [0.15, 0.2) is 30.6 Å². The van der Waals surface area contributed by atoms with Crippen molar-refractivity contribution in [1.82, 2.24) is 20.2 Å². The van der Waals surface area contributed by atoms with E-state index in [4.69, 9.17) is 0 Å². The van der Waals surface area contributed by atoms with E-state index in [1.54, 1.807) is 12.4 Å². The number of nitrogens with zero attached hydrogens (tertiary/aromatic N) is 2. The van der Waals surface area contributed by atoms with Crippen LogP contribution >= 0.6 is 0 Å². The van der Waals surface area contributed by atoms with Gasteiger partial charge in [-0.15, -0.1) is 0 Å². The number of pyridine rings is 1. The minimum Gasteiger partial charge on any atom is -0.354 e. The summed E-state index contributed by atoms with van der Waals surface area (Å²) in [5.41, 5.74) is 3.30. The van der Waals surface area contributed by atoms with Crippen molar-refractivity contribution in [2.75, 3.05) is 6.54 Å². The van der Waals surface area contributed by atoms with Crippen LogP contribution in [0.5, 0.6) is 0 Å². The lowest BCUT2D eigenvalue weighted by molar-refractivity contribution is -0.122. The maximum absolute atomic E-state index is 12.7. The normalized spacial score (nSPS) is 17.9. The first-order valence-corrected chi connectivity index (χ1v) is 8.26. The lowest BCUT2D eigenvalue weighted by Gasteiger charge is -2.15. The summed E-state index contributed by atoms with van der Waals surface area (Å²) < 4.78 is 2.00. The van der Waals surface area contributed by atoms with E-state index in [2.05, 4.69) is 15.6 Å². The second-order valence-electron chi connectivity index (χ2n) is 6.14. The number of hydrogen-bond acceptors (Lipinski definition) is 3. The third kappa shape index (κ3) is 3.18. The van der Waals surface area contributed by atoms with Crippen LogP contribution in [-0.4, -0.2) is 34.0 Å². The summed E-state index contributed by atoms with van der Waals surface area (Å²) >= 11 is 0. The minimum absolute atomic E-state index is 0.0954. The molecule has 0 saturated carbocycles. The molecule has 24 heavy (non-hydrogen) atoms. The number of nitrogens with one attached hydrogen (secondary N) is 2. The molecule has 1 fully saturated rings. The number of hydrogen-bond donors (Lipinski definition) is 2. The largest absolute Gasteiger partial charge is 0.354 e. The molecule has 6 nitrogen and oxygen atoms in total. The van der Waals surface area contributed by atoms with E-state index in [0.29, 0.717) is 18.5 Å². The summed E-state index contributed by atoms with van der Waals surface area (Å²) in [4.78, 5) is 28.8. The summed E-state index contributed by atoms with van der Waals surface area (Å²) in [6.45, 7) is 4.54. The first-order valence-electron chi connectivity index (χ1n) is 8.26. The van der Waals surface area contributed by atoms with Crippen LogP contribution in [0.2, 0.25) is 0 Å². The second-order valence-corrected chi connectivity index (χ2v) is 6.14. The zero-order valence-electron chi connectivity index (χ0n) is 14.0. The molecule has 1 aliphatic rings. The highest BCUT2D eigenvalue weighted by molar-refractivity contribution is 5.98. The van der Waals surface area contributed by atoms with E-state index < -0.39 is 6.04 Å². The number of aryl methyl sites for hydroxylation is 1. The summed E-state index contributed by atoms with van der Waals surface area (Å²) in [6, 6.07) is 5.21. The monoisotopic (exact) mass is 326 g/mol. The van der Waals surface area contributed by atoms with Crippen molar-refractivity contribution in [1.29, 1.82) is 0 Å². The molecule has 1 aliphatic heterocycles. The Labute approximate surface area is 141 Å². The highest BCUT2D eigenvalue weighted by Gasteiger charge is 2.25. The SMILES string of the molecule is Cc1cc(C(=O)NC2CCCCNC2=O)c(C)n1-c1cccnc1. The smallest absolute Gasteiger partial charge is 0.253 e. The van der Waals surface area contributed by atoms with Crippen molar-refractivity contribution in [2.24, 2.45) is 0 Å². The Morgan fingerprint density at radius 3 is 2.96 bits per heavy atom. The van der Waals surface area contributed by atoms with E-state index in [-0.39, 0.29) is 11.8 Å². The molecule has 1 atom stereocenters. The average molecular weight is 326 g/mol. The number of carbonyl (C=O) groups is 2. The van der Waals surface area contributed by atoms with Crippen LogP contribution in [0.3, 0.4) is 0 Å². The molecule has 2 aromatic heterocycles. The van der Waals surface area contributed by atoms with Gasteiger partial charge in [0.1, 0.15) is 6.04 Å². The number of aromatic nitrogens is 2. The molecule has 2 N–H and O–H groups in total. The van der Waals surface area contributed by atoms with Gasteiger partial charge >= 0.3 is 0 Å². The zero-order valence-corrected chi connectivity index (χ0v) is 14.0. The quantitative estimate of drug-likeness (QED) is 0.904. The van der Waals surface area contributed by atoms with Gasteiger partial charge < -0.3 is 15.2 Å². The molecule has 0 aromatic carbocycles. The standard InChI is InChI=1S/C18H22N4O2/c1-12-10-15(13(2)22(12)14-6-5-8-19-11-14)17(23)21-16-7-3-4-9-20-18(16)24/h5-6,8,10-11,16H,3-4,7,9H2,1-2H3,(H,20,24)(H,21,23). The van der Waals surface area contributed by atoms with Crippen molar-refractivity contribution >= 4 is 11.8 Å². The highest BCUT2D eigenvalue weighted by Crippen LogP contribution is 2.20. The van der Waals surface area contributed by atoms with E-state index in [0.717, 1.165) is 29.9 Å². The first-order chi connectivity index (χ1) is 11.6. The first kappa shape index (κ1) is 16.2. The Hall–Kier alpha value is -2.63. The maximum atomic E-state index is 12.7. The minimum atomic E-state index is -0.457. The highest BCUT2D eigenvalue weighted by atomic mass is 16.2. The van der Waals surface area contributed by atoms with E-state index in [9.17, 15) is 9.59 Å². The van der Waals surface area contributed by atoms with E-state index >= 15 is 0 Å². The molecule has 6 heteroatoms. The molecule has 3 heterocycles. The molecule has 0 radical (unpaired) electrons. The Morgan fingerprint density at radius 2 is 2.21 bits per heavy atom. The molecule has 0 bridgehead atoms. The van der Waals surface area contributed by atoms with Gasteiger partial charge in [-0.05, 0) is 51.3 Å². The molecule has 2 aromatic rings. The summed E-state index contributed by atoms with van der Waals surface area (Å²) in [7, 11) is 0. The fourth-order valence-corrected chi connectivity index (χ4v) is 3.19. The van der Waals surface area contributed by atoms with Gasteiger partial charge in [0.15, 0.2) is 0 Å². The lowest BCUT2D eigenvalue weighted by atomic mass is 10.1. The third-order valence-corrected chi connectivity index (χ3v) is 4.42. The topological polar surface area (TPSA) is 76.0 Å². The van der Waals surface area contributed by atoms with E-state index in [1.165, 1.54) is 0 Å². The van der Waals surface area contributed by atoms with Crippen molar-refractivity contribution in [3.8, 4) is 5.69 Å². The molecule has 1 saturated heterocycles. The predicted molar refractivity (Wildman–Crippen MR) is 91.2 cm³/mol. The Morgan fingerprint density at radius 1 is 1.38 bits per heavy atom. The van der Waals surface area contributed by atoms with Crippen LogP contribution in [0.4, 0.5) is 0 Å². The number of rotatable bonds is 3. The van der Waals surface area contributed by atoms with Gasteiger partial charge in [-0.25, -0.2) is 0 Å². The number of amides is 2. The van der Waals surface area contributed by atoms with Gasteiger partial charge in [0.25, 0.3) is 5.91 Å². The molecular weight excluding hydrogens is 304 g/mol. The van der Waals surface area contributed by atoms with Crippen LogP contribution in [0, 0.1) is 13.8 Å². The Bertz CT molecular complexity index is 752. The molecule has 0 aliphatic carbocycles. The van der Waals surface area contributed by atoms with Crippen molar-refractivity contribution < 1.29 is 9.59 Å². The summed E-state index contributed by atoms with van der Waals surface area (Å²) in [6.07, 6.45) is 6.04. The van der Waals surface area contributed by atoms with Gasteiger partial charge in [0.05, 0.1) is 17.4 Å². The van der Waals surface area contributed by atoms with Crippen molar-refractivity contribution in [2.45, 2.75) is 39.2 Å². The van der Waals surface area contributed by atoms with Crippen LogP contribution in [-0.2, 0) is 4.79 Å². The summed E-state index contributed by atoms with van der Waals surface area (Å²) in [5.74, 6) is -0.304. The molecule has 2 amide bonds. The van der Waals surface area contributed by atoms with Crippen LogP contribution in [0.25, 0.3) is 5.69 Å². The molecular formula is C18H22N4O2. The Balaban J connectivity index is 1.84. The third-order valence-electron chi connectivity index (χ3n) is 4.42. The van der Waals surface area contributed by atoms with Gasteiger partial charge in [0, 0.05) is 24.1 Å². The van der Waals surface area contributed by atoms with Gasteiger partial charge in [0.2, 0.25) is 5.91 Å². The van der Waals surface area contributed by atoms with Crippen molar-refractivity contribution in [3.05, 3.63) is 47.5 Å². The summed E-state index contributed by atoms with van der Waals surface area (Å²) in [5, 5.41) is 5.72. The fourth-order valence-electron chi connectivity index (χ4n) is 3.19. The van der Waals surface area contributed by atoms with Gasteiger partial charge in [-0.1, -0.05) is 0 Å². The zero-order chi connectivity index (χ0) is 17.1. The molecule has 1 unspecified atom stereocenters. The van der Waals surface area contributed by atoms with Gasteiger partial charge in [-0.2, -0.15) is 0 Å². The predicted octanol–water partition coefficient (Wildman–Crippen LogP) is 1.89. The fraction of sp³-hybridized carbons (Fsp3) is 0.389. The van der Waals surface area contributed by atoms with Crippen LogP contribution < -0.4 is 10.6 Å². The van der Waals surface area contributed by atoms with Gasteiger partial charge in [-0.3, -0.25) is 14.6 Å². The average Bonchev–Trinajstić information content (AvgIpc) is 2.73. The second kappa shape index (κ2) is 6.86. The molecule has 3 rings (SSSR count). The van der Waals surface area contributed by atoms with Crippen LogP contribution in [0.1, 0.15) is 41.0 Å². The van der Waals surface area contributed by atoms with Crippen molar-refractivity contribution in [3.63, 3.8) is 0 Å². The maximum Gasteiger partial charge on any atom is 0.253 e. The molecule has 126 valence electrons. The van der Waals surface area contributed by atoms with E-state index in [1.807, 2.05) is 36.6 Å². The lowest BCUT2D eigenvalue weighted by Crippen LogP contribution is -2.45. The molecule has 0 spiro atoms. The Kier molecular flexibility index (Phi) is 4.64. The number of carbonyl (C=O) groups excluding carboxylic acids is 2.